The van der Waals surface area contributed by atoms with Crippen LogP contribution >= 0.6 is 0 Å². The van der Waals surface area contributed by atoms with Crippen LogP contribution in [0.2, 0.25) is 0 Å². The number of carboxylic acid groups (broad SMARTS) is 1. The summed E-state index contributed by atoms with van der Waals surface area (Å²) in [5.41, 5.74) is 0. The van der Waals surface area contributed by atoms with Gasteiger partial charge in [-0.25, -0.2) is 9.18 Å². The van der Waals surface area contributed by atoms with E-state index in [0.717, 1.165) is 6.08 Å². The highest BCUT2D eigenvalue weighted by Crippen LogP contribution is 2.14. The Labute approximate surface area is 92.3 Å². The van der Waals surface area contributed by atoms with Gasteiger partial charge in [-0.2, -0.15) is 0 Å². The highest BCUT2D eigenvalue weighted by atomic mass is 19.1. The highest BCUT2D eigenvalue weighted by Gasteiger charge is 2.20. The third-order valence-corrected chi connectivity index (χ3v) is 1.96. The van der Waals surface area contributed by atoms with Gasteiger partial charge in [0.1, 0.15) is 11.6 Å². The molecule has 2 N–H and O–H groups in total. The van der Waals surface area contributed by atoms with Crippen molar-refractivity contribution < 1.29 is 23.9 Å². The normalized spacial score (nSPS) is 11.4. The predicted molar refractivity (Wildman–Crippen MR) is 54.7 cm³/mol. The molecule has 0 spiro atoms. The molecule has 0 aliphatic heterocycles. The van der Waals surface area contributed by atoms with Gasteiger partial charge in [0.2, 0.25) is 0 Å². The molecule has 0 aliphatic rings. The van der Waals surface area contributed by atoms with E-state index in [9.17, 15) is 18.8 Å². The Kier molecular flexibility index (Phi) is 5.99. The Morgan fingerprint density at radius 2 is 1.81 bits per heavy atom. The minimum atomic E-state index is -1.27. The number of halogens is 1. The highest BCUT2D eigenvalue weighted by molar-refractivity contribution is 6.00. The molecule has 0 radical (unpaired) electrons. The molecule has 0 saturated carbocycles. The van der Waals surface area contributed by atoms with E-state index in [4.69, 9.17) is 5.11 Å². The van der Waals surface area contributed by atoms with Gasteiger partial charge in [0, 0.05) is 13.0 Å². The summed E-state index contributed by atoms with van der Waals surface area (Å²) in [7, 11) is 0. The second-order valence-corrected chi connectivity index (χ2v) is 3.32. The minimum Gasteiger partial charge on any atom is -0.465 e. The molecule has 0 aromatic rings. The molecular formula is C10H14FNO4. The monoisotopic (exact) mass is 231 g/mol. The molecule has 0 heterocycles. The average Bonchev–Trinajstić information content (AvgIpc) is 2.12. The van der Waals surface area contributed by atoms with Gasteiger partial charge in [0.05, 0.1) is 11.7 Å². The van der Waals surface area contributed by atoms with Gasteiger partial charge >= 0.3 is 6.09 Å². The van der Waals surface area contributed by atoms with Crippen LogP contribution in [-0.4, -0.2) is 29.3 Å². The van der Waals surface area contributed by atoms with Crippen LogP contribution in [0, 0.1) is 5.92 Å². The lowest BCUT2D eigenvalue weighted by Gasteiger charge is -2.07. The lowest BCUT2D eigenvalue weighted by atomic mass is 9.96. The fraction of sp³-hybridized carbons (Fsp3) is 0.500. The number of amides is 1. The van der Waals surface area contributed by atoms with Gasteiger partial charge in [0.15, 0.2) is 0 Å². The second kappa shape index (κ2) is 6.71. The van der Waals surface area contributed by atoms with Crippen LogP contribution in [0.4, 0.5) is 9.18 Å². The first kappa shape index (κ1) is 14.3. The molecule has 0 atom stereocenters. The van der Waals surface area contributed by atoms with Crippen molar-refractivity contribution in [2.45, 2.75) is 20.3 Å². The Bertz CT molecular complexity index is 311. The first-order valence-electron chi connectivity index (χ1n) is 4.66. The third kappa shape index (κ3) is 5.90. The molecule has 0 aromatic carbocycles. The molecule has 5 nitrogen and oxygen atoms in total. The van der Waals surface area contributed by atoms with E-state index in [2.05, 4.69) is 0 Å². The van der Waals surface area contributed by atoms with Gasteiger partial charge in [-0.15, -0.1) is 0 Å². The number of rotatable bonds is 6. The molecule has 16 heavy (non-hydrogen) atoms. The number of carbonyl (C=O) groups excluding carboxylic acids is 2. The van der Waals surface area contributed by atoms with E-state index in [1.165, 1.54) is 13.8 Å². The summed E-state index contributed by atoms with van der Waals surface area (Å²) in [4.78, 5) is 32.0. The van der Waals surface area contributed by atoms with Crippen molar-refractivity contribution in [3.05, 3.63) is 11.9 Å². The number of Topliss-reactive ketones (excluding diaryl/α,β-unsaturated/α-hetero) is 2. The van der Waals surface area contributed by atoms with Crippen LogP contribution in [0.25, 0.3) is 0 Å². The smallest absolute Gasteiger partial charge is 0.404 e. The number of carbonyl (C=O) groups is 3. The van der Waals surface area contributed by atoms with E-state index in [0.29, 0.717) is 0 Å². The average molecular weight is 231 g/mol. The van der Waals surface area contributed by atoms with Crippen molar-refractivity contribution in [2.75, 3.05) is 6.54 Å². The predicted octanol–water partition coefficient (Wildman–Crippen LogP) is 1.29. The zero-order valence-corrected chi connectivity index (χ0v) is 9.12. The molecule has 1 amide bonds. The quantitative estimate of drug-likeness (QED) is 0.675. The van der Waals surface area contributed by atoms with E-state index in [1.807, 2.05) is 5.32 Å². The lowest BCUT2D eigenvalue weighted by Crippen LogP contribution is -2.22. The summed E-state index contributed by atoms with van der Waals surface area (Å²) in [6, 6.07) is 0. The molecular weight excluding hydrogens is 217 g/mol. The van der Waals surface area contributed by atoms with Gasteiger partial charge in [-0.3, -0.25) is 9.59 Å². The third-order valence-electron chi connectivity index (χ3n) is 1.96. The fourth-order valence-corrected chi connectivity index (χ4v) is 1.10. The van der Waals surface area contributed by atoms with Crippen molar-refractivity contribution in [2.24, 2.45) is 5.92 Å². The molecule has 0 aromatic heterocycles. The van der Waals surface area contributed by atoms with Crippen LogP contribution < -0.4 is 5.32 Å². The number of allylic oxidation sites excluding steroid dienone is 1. The van der Waals surface area contributed by atoms with Crippen molar-refractivity contribution in [1.82, 2.24) is 5.32 Å². The number of ketones is 2. The fourth-order valence-electron chi connectivity index (χ4n) is 1.10. The Balaban J connectivity index is 4.29. The number of hydrogen-bond acceptors (Lipinski definition) is 3. The lowest BCUT2D eigenvalue weighted by molar-refractivity contribution is -0.130. The zero-order chi connectivity index (χ0) is 12.7. The molecule has 0 rings (SSSR count). The van der Waals surface area contributed by atoms with Crippen LogP contribution in [0.3, 0.4) is 0 Å². The summed E-state index contributed by atoms with van der Waals surface area (Å²) in [5, 5.41) is 10.2. The van der Waals surface area contributed by atoms with E-state index < -0.39 is 29.4 Å². The van der Waals surface area contributed by atoms with Gasteiger partial charge in [-0.05, 0) is 19.9 Å². The van der Waals surface area contributed by atoms with Gasteiger partial charge < -0.3 is 10.4 Å². The Morgan fingerprint density at radius 3 is 2.19 bits per heavy atom. The molecule has 0 aliphatic carbocycles. The van der Waals surface area contributed by atoms with Crippen molar-refractivity contribution in [3.63, 3.8) is 0 Å². The number of hydrogen-bond donors (Lipinski definition) is 2. The molecule has 0 bridgehead atoms. The van der Waals surface area contributed by atoms with Crippen LogP contribution in [0.5, 0.6) is 0 Å². The Morgan fingerprint density at radius 1 is 1.31 bits per heavy atom. The van der Waals surface area contributed by atoms with Gasteiger partial charge in [0.25, 0.3) is 0 Å². The first-order chi connectivity index (χ1) is 7.34. The summed E-state index contributed by atoms with van der Waals surface area (Å²) in [6.07, 6.45) is -0.586. The molecule has 6 heteroatoms. The van der Waals surface area contributed by atoms with Gasteiger partial charge in [-0.1, -0.05) is 0 Å². The molecule has 0 fully saturated rings. The summed E-state index contributed by atoms with van der Waals surface area (Å²) in [6.45, 7) is 2.24. The zero-order valence-electron chi connectivity index (χ0n) is 9.12. The Hall–Kier alpha value is -1.72. The van der Waals surface area contributed by atoms with Crippen molar-refractivity contribution >= 4 is 17.7 Å². The summed E-state index contributed by atoms with van der Waals surface area (Å²) < 4.78 is 13.1. The van der Waals surface area contributed by atoms with Crippen LogP contribution in [0.15, 0.2) is 11.9 Å². The van der Waals surface area contributed by atoms with Crippen LogP contribution in [-0.2, 0) is 9.59 Å². The van der Waals surface area contributed by atoms with Crippen molar-refractivity contribution in [1.29, 1.82) is 0 Å². The topological polar surface area (TPSA) is 83.5 Å². The summed E-state index contributed by atoms with van der Waals surface area (Å²) in [5.74, 6) is -2.46. The number of nitrogens with one attached hydrogen (secondary N) is 1. The van der Waals surface area contributed by atoms with E-state index in [1.54, 1.807) is 0 Å². The SMILES string of the molecule is CC(=O)C(CC(F)=CCNC(=O)O)C(C)=O. The van der Waals surface area contributed by atoms with E-state index >= 15 is 0 Å². The summed E-state index contributed by atoms with van der Waals surface area (Å²) >= 11 is 0. The van der Waals surface area contributed by atoms with E-state index in [-0.39, 0.29) is 13.0 Å². The minimum absolute atomic E-state index is 0.191. The maximum Gasteiger partial charge on any atom is 0.404 e. The maximum atomic E-state index is 13.1. The largest absolute Gasteiger partial charge is 0.465 e. The van der Waals surface area contributed by atoms with Crippen LogP contribution in [0.1, 0.15) is 20.3 Å². The standard InChI is InChI=1S/C10H14FNO4/c1-6(13)9(7(2)14)5-8(11)3-4-12-10(15)16/h3,9,12H,4-5H2,1-2H3,(H,15,16). The first-order valence-corrected chi connectivity index (χ1v) is 4.66. The molecule has 90 valence electrons. The maximum absolute atomic E-state index is 13.1. The van der Waals surface area contributed by atoms with Crippen molar-refractivity contribution in [3.8, 4) is 0 Å². The second-order valence-electron chi connectivity index (χ2n) is 3.32. The molecule has 0 saturated heterocycles. The molecule has 0 unspecified atom stereocenters.